The lowest BCUT2D eigenvalue weighted by Gasteiger charge is -2.33. The summed E-state index contributed by atoms with van der Waals surface area (Å²) < 4.78 is 5.32. The van der Waals surface area contributed by atoms with Crippen molar-refractivity contribution >= 4 is 5.91 Å². The third-order valence-corrected chi connectivity index (χ3v) is 5.05. The minimum Gasteiger partial charge on any atom is -0.378 e. The van der Waals surface area contributed by atoms with Crippen LogP contribution in [-0.4, -0.2) is 49.2 Å². The molecule has 2 heterocycles. The topological polar surface area (TPSA) is 53.6 Å². The predicted octanol–water partition coefficient (Wildman–Crippen LogP) is 1.67. The number of morpholine rings is 1. The number of carbonyl (C=O) groups excluding carboxylic acids is 1. The van der Waals surface area contributed by atoms with E-state index < -0.39 is 0 Å². The van der Waals surface area contributed by atoms with Crippen LogP contribution in [-0.2, 0) is 22.6 Å². The van der Waals surface area contributed by atoms with Gasteiger partial charge >= 0.3 is 0 Å². The third kappa shape index (κ3) is 4.79. The molecule has 2 fully saturated rings. The Morgan fingerprint density at radius 3 is 2.79 bits per heavy atom. The molecule has 5 heteroatoms. The summed E-state index contributed by atoms with van der Waals surface area (Å²) in [6.45, 7) is 7.00. The molecule has 132 valence electrons. The van der Waals surface area contributed by atoms with Gasteiger partial charge in [0.05, 0.1) is 13.2 Å². The van der Waals surface area contributed by atoms with Gasteiger partial charge in [0.15, 0.2) is 0 Å². The first-order valence-corrected chi connectivity index (χ1v) is 9.13. The Kier molecular flexibility index (Phi) is 6.24. The summed E-state index contributed by atoms with van der Waals surface area (Å²) in [5.41, 5.74) is 2.48. The van der Waals surface area contributed by atoms with Gasteiger partial charge in [0, 0.05) is 25.7 Å². The zero-order chi connectivity index (χ0) is 16.8. The highest BCUT2D eigenvalue weighted by molar-refractivity contribution is 5.81. The molecule has 0 aromatic heterocycles. The Hall–Kier alpha value is -1.43. The number of likely N-dealkylation sites (tertiary alicyclic amines) is 1. The van der Waals surface area contributed by atoms with Crippen LogP contribution in [0.4, 0.5) is 0 Å². The molecule has 1 aromatic carbocycles. The van der Waals surface area contributed by atoms with Crippen LogP contribution < -0.4 is 10.6 Å². The quantitative estimate of drug-likeness (QED) is 0.862. The molecule has 2 aliphatic heterocycles. The van der Waals surface area contributed by atoms with Gasteiger partial charge in [-0.05, 0) is 37.4 Å². The molecule has 0 bridgehead atoms. The minimum atomic E-state index is -0.224. The van der Waals surface area contributed by atoms with Gasteiger partial charge in [0.1, 0.15) is 6.04 Å². The molecule has 2 unspecified atom stereocenters. The van der Waals surface area contributed by atoms with Crippen LogP contribution in [0.1, 0.15) is 37.3 Å². The summed E-state index contributed by atoms with van der Waals surface area (Å²) >= 11 is 0. The molecule has 0 aliphatic carbocycles. The molecule has 0 spiro atoms. The third-order valence-electron chi connectivity index (χ3n) is 5.05. The zero-order valence-corrected chi connectivity index (χ0v) is 14.6. The first-order chi connectivity index (χ1) is 11.7. The second kappa shape index (κ2) is 8.60. The Morgan fingerprint density at radius 2 is 2.08 bits per heavy atom. The van der Waals surface area contributed by atoms with Crippen molar-refractivity contribution < 1.29 is 9.53 Å². The number of nitrogens with one attached hydrogen (secondary N) is 2. The number of hydrogen-bond donors (Lipinski definition) is 2. The number of benzene rings is 1. The molecule has 1 aromatic rings. The maximum atomic E-state index is 12.1. The van der Waals surface area contributed by atoms with Gasteiger partial charge in [-0.3, -0.25) is 9.69 Å². The van der Waals surface area contributed by atoms with Crippen molar-refractivity contribution in [3.05, 3.63) is 35.4 Å². The van der Waals surface area contributed by atoms with Crippen LogP contribution in [0.25, 0.3) is 0 Å². The van der Waals surface area contributed by atoms with Gasteiger partial charge in [-0.15, -0.1) is 0 Å². The summed E-state index contributed by atoms with van der Waals surface area (Å²) in [5, 5.41) is 6.16. The fourth-order valence-corrected chi connectivity index (χ4v) is 3.44. The number of ether oxygens (including phenoxy) is 1. The zero-order valence-electron chi connectivity index (χ0n) is 14.6. The van der Waals surface area contributed by atoms with Crippen molar-refractivity contribution in [2.45, 2.75) is 51.4 Å². The summed E-state index contributed by atoms with van der Waals surface area (Å²) in [5.74, 6) is 0.0147. The van der Waals surface area contributed by atoms with Gasteiger partial charge in [-0.2, -0.15) is 0 Å². The molecular weight excluding hydrogens is 302 g/mol. The van der Waals surface area contributed by atoms with Crippen molar-refractivity contribution in [2.24, 2.45) is 0 Å². The molecule has 3 rings (SSSR count). The van der Waals surface area contributed by atoms with Crippen LogP contribution in [0, 0.1) is 0 Å². The van der Waals surface area contributed by atoms with E-state index in [9.17, 15) is 4.79 Å². The molecule has 2 aliphatic rings. The second-order valence-electron chi connectivity index (χ2n) is 6.93. The number of nitrogens with zero attached hydrogens (tertiary/aromatic N) is 1. The Morgan fingerprint density at radius 1 is 1.29 bits per heavy atom. The first kappa shape index (κ1) is 17.4. The van der Waals surface area contributed by atoms with Crippen molar-refractivity contribution in [1.82, 2.24) is 15.5 Å². The number of amides is 1. The predicted molar refractivity (Wildman–Crippen MR) is 94.6 cm³/mol. The van der Waals surface area contributed by atoms with Gasteiger partial charge in [-0.25, -0.2) is 0 Å². The summed E-state index contributed by atoms with van der Waals surface area (Å²) in [7, 11) is 0. The standard InChI is InChI=1S/C19H29N3O2/c1-15-4-2-3-10-22(15)13-17-7-5-16(6-8-17)12-21-19(23)18-14-24-11-9-20-18/h5-8,15,18,20H,2-4,9-14H2,1H3,(H,21,23). The smallest absolute Gasteiger partial charge is 0.239 e. The highest BCUT2D eigenvalue weighted by atomic mass is 16.5. The van der Waals surface area contributed by atoms with E-state index in [1.807, 2.05) is 0 Å². The normalized spacial score (nSPS) is 25.4. The lowest BCUT2D eigenvalue weighted by atomic mass is 10.0. The highest BCUT2D eigenvalue weighted by Gasteiger charge is 2.21. The van der Waals surface area contributed by atoms with Gasteiger partial charge in [-0.1, -0.05) is 30.7 Å². The number of rotatable bonds is 5. The summed E-state index contributed by atoms with van der Waals surface area (Å²) in [4.78, 5) is 14.6. The average molecular weight is 331 g/mol. The minimum absolute atomic E-state index is 0.0147. The SMILES string of the molecule is CC1CCCCN1Cc1ccc(CNC(=O)C2COCCN2)cc1. The Bertz CT molecular complexity index is 526. The molecule has 24 heavy (non-hydrogen) atoms. The van der Waals surface area contributed by atoms with E-state index in [0.29, 0.717) is 25.8 Å². The van der Waals surface area contributed by atoms with Crippen LogP contribution in [0.5, 0.6) is 0 Å². The first-order valence-electron chi connectivity index (χ1n) is 9.13. The lowest BCUT2D eigenvalue weighted by Crippen LogP contribution is -2.51. The van der Waals surface area contributed by atoms with E-state index >= 15 is 0 Å². The van der Waals surface area contributed by atoms with E-state index in [-0.39, 0.29) is 11.9 Å². The van der Waals surface area contributed by atoms with E-state index in [0.717, 1.165) is 18.7 Å². The second-order valence-corrected chi connectivity index (χ2v) is 6.93. The van der Waals surface area contributed by atoms with Crippen LogP contribution in [0.15, 0.2) is 24.3 Å². The van der Waals surface area contributed by atoms with Crippen LogP contribution in [0.3, 0.4) is 0 Å². The maximum absolute atomic E-state index is 12.1. The molecule has 0 saturated carbocycles. The van der Waals surface area contributed by atoms with E-state index in [1.54, 1.807) is 0 Å². The molecule has 2 saturated heterocycles. The van der Waals surface area contributed by atoms with E-state index in [1.165, 1.54) is 31.4 Å². The molecule has 0 radical (unpaired) electrons. The molecule has 2 N–H and O–H groups in total. The number of piperidine rings is 1. The summed E-state index contributed by atoms with van der Waals surface area (Å²) in [6.07, 6.45) is 3.98. The van der Waals surface area contributed by atoms with Crippen LogP contribution >= 0.6 is 0 Å². The van der Waals surface area contributed by atoms with E-state index in [4.69, 9.17) is 4.74 Å². The average Bonchev–Trinajstić information content (AvgIpc) is 2.63. The largest absolute Gasteiger partial charge is 0.378 e. The Balaban J connectivity index is 1.46. The maximum Gasteiger partial charge on any atom is 0.239 e. The van der Waals surface area contributed by atoms with Gasteiger partial charge in [0.25, 0.3) is 0 Å². The van der Waals surface area contributed by atoms with Crippen molar-refractivity contribution in [2.75, 3.05) is 26.3 Å². The van der Waals surface area contributed by atoms with E-state index in [2.05, 4.69) is 46.7 Å². The van der Waals surface area contributed by atoms with Crippen LogP contribution in [0.2, 0.25) is 0 Å². The van der Waals surface area contributed by atoms with Crippen molar-refractivity contribution in [1.29, 1.82) is 0 Å². The van der Waals surface area contributed by atoms with Crippen molar-refractivity contribution in [3.8, 4) is 0 Å². The monoisotopic (exact) mass is 331 g/mol. The summed E-state index contributed by atoms with van der Waals surface area (Å²) in [6, 6.07) is 9.07. The van der Waals surface area contributed by atoms with Gasteiger partial charge < -0.3 is 15.4 Å². The number of hydrogen-bond acceptors (Lipinski definition) is 4. The number of carbonyl (C=O) groups is 1. The van der Waals surface area contributed by atoms with Crippen molar-refractivity contribution in [3.63, 3.8) is 0 Å². The lowest BCUT2D eigenvalue weighted by molar-refractivity contribution is -0.126. The highest BCUT2D eigenvalue weighted by Crippen LogP contribution is 2.19. The fourth-order valence-electron chi connectivity index (χ4n) is 3.44. The molecular formula is C19H29N3O2. The Labute approximate surface area is 144 Å². The molecule has 1 amide bonds. The van der Waals surface area contributed by atoms with Gasteiger partial charge in [0.2, 0.25) is 5.91 Å². The molecule has 2 atom stereocenters. The molecule has 5 nitrogen and oxygen atoms in total. The fraction of sp³-hybridized carbons (Fsp3) is 0.632.